The van der Waals surface area contributed by atoms with Crippen molar-refractivity contribution < 1.29 is 13.3 Å². The molecule has 0 saturated carbocycles. The number of nitrogens with zero attached hydrogens (tertiary/aromatic N) is 4. The van der Waals surface area contributed by atoms with Crippen molar-refractivity contribution in [3.05, 3.63) is 28.3 Å². The van der Waals surface area contributed by atoms with E-state index >= 15 is 0 Å². The van der Waals surface area contributed by atoms with Gasteiger partial charge in [-0.25, -0.2) is 13.4 Å². The molecular weight excluding hydrogens is 332 g/mol. The number of hydrogen-bond donors (Lipinski definition) is 0. The number of aromatic nitrogens is 2. The lowest BCUT2D eigenvalue weighted by Gasteiger charge is -2.26. The standard InChI is InChI=1S/C12H13ClN4O4S/c13-4-1-5-15-6-7-16-11-8-9(17(18)19)2-3-10(11)14-12(16)22(15,20)21/h2-3,8H,1,4-7H2. The molecule has 3 rings (SSSR count). The second-order valence-electron chi connectivity index (χ2n) is 4.92. The summed E-state index contributed by atoms with van der Waals surface area (Å²) in [5.41, 5.74) is 0.810. The Morgan fingerprint density at radius 1 is 1.36 bits per heavy atom. The summed E-state index contributed by atoms with van der Waals surface area (Å²) in [7, 11) is -3.69. The van der Waals surface area contributed by atoms with Gasteiger partial charge in [-0.2, -0.15) is 4.31 Å². The summed E-state index contributed by atoms with van der Waals surface area (Å²) in [6.07, 6.45) is 0.562. The van der Waals surface area contributed by atoms with Crippen molar-refractivity contribution in [3.63, 3.8) is 0 Å². The highest BCUT2D eigenvalue weighted by molar-refractivity contribution is 7.89. The molecule has 118 valence electrons. The van der Waals surface area contributed by atoms with E-state index in [0.717, 1.165) is 0 Å². The number of benzene rings is 1. The second-order valence-corrected chi connectivity index (χ2v) is 7.13. The number of rotatable bonds is 4. The number of nitro groups is 1. The molecule has 2 heterocycles. The van der Waals surface area contributed by atoms with Crippen LogP contribution in [0.4, 0.5) is 5.69 Å². The molecule has 0 N–H and O–H groups in total. The van der Waals surface area contributed by atoms with Gasteiger partial charge in [-0.05, 0) is 12.5 Å². The van der Waals surface area contributed by atoms with Crippen molar-refractivity contribution in [2.45, 2.75) is 18.1 Å². The summed E-state index contributed by atoms with van der Waals surface area (Å²) in [6, 6.07) is 4.15. The molecule has 1 aliphatic heterocycles. The number of halogens is 1. The first-order valence-corrected chi connectivity index (χ1v) is 8.63. The third-order valence-electron chi connectivity index (χ3n) is 3.59. The number of fused-ring (bicyclic) bond motifs is 3. The number of non-ortho nitro benzene ring substituents is 1. The average Bonchev–Trinajstić information content (AvgIpc) is 2.85. The maximum Gasteiger partial charge on any atom is 0.277 e. The fraction of sp³-hybridized carbons (Fsp3) is 0.417. The molecule has 1 aromatic carbocycles. The molecule has 0 unspecified atom stereocenters. The van der Waals surface area contributed by atoms with Crippen molar-refractivity contribution >= 4 is 38.3 Å². The van der Waals surface area contributed by atoms with Gasteiger partial charge in [-0.1, -0.05) is 0 Å². The monoisotopic (exact) mass is 344 g/mol. The minimum atomic E-state index is -3.69. The van der Waals surface area contributed by atoms with E-state index in [4.69, 9.17) is 11.6 Å². The zero-order chi connectivity index (χ0) is 15.9. The molecule has 0 spiro atoms. The Hall–Kier alpha value is -1.71. The van der Waals surface area contributed by atoms with Crippen LogP contribution in [-0.2, 0) is 16.6 Å². The average molecular weight is 345 g/mol. The third-order valence-corrected chi connectivity index (χ3v) is 5.68. The van der Waals surface area contributed by atoms with Crippen LogP contribution in [-0.4, -0.2) is 46.2 Å². The smallest absolute Gasteiger partial charge is 0.277 e. The first-order valence-electron chi connectivity index (χ1n) is 6.66. The zero-order valence-corrected chi connectivity index (χ0v) is 13.0. The predicted molar refractivity (Wildman–Crippen MR) is 80.5 cm³/mol. The topological polar surface area (TPSA) is 98.3 Å². The SMILES string of the molecule is O=[N+]([O-])c1ccc2nc3n(c2c1)CCN(CCCCl)S3(=O)=O. The first-order chi connectivity index (χ1) is 10.4. The molecule has 22 heavy (non-hydrogen) atoms. The summed E-state index contributed by atoms with van der Waals surface area (Å²) >= 11 is 5.62. The number of imidazole rings is 1. The number of alkyl halides is 1. The lowest BCUT2D eigenvalue weighted by molar-refractivity contribution is -0.384. The van der Waals surface area contributed by atoms with Gasteiger partial charge in [0.15, 0.2) is 0 Å². The number of sulfonamides is 1. The van der Waals surface area contributed by atoms with Crippen molar-refractivity contribution in [1.82, 2.24) is 13.9 Å². The van der Waals surface area contributed by atoms with Crippen molar-refractivity contribution in [3.8, 4) is 0 Å². The summed E-state index contributed by atoms with van der Waals surface area (Å²) < 4.78 is 28.0. The van der Waals surface area contributed by atoms with Gasteiger partial charge in [0.25, 0.3) is 15.7 Å². The molecule has 0 bridgehead atoms. The van der Waals surface area contributed by atoms with Gasteiger partial charge < -0.3 is 4.57 Å². The quantitative estimate of drug-likeness (QED) is 0.476. The maximum absolute atomic E-state index is 12.6. The molecule has 0 atom stereocenters. The molecular formula is C12H13ClN4O4S. The molecule has 10 heteroatoms. The highest BCUT2D eigenvalue weighted by Crippen LogP contribution is 2.28. The second kappa shape index (κ2) is 5.49. The summed E-state index contributed by atoms with van der Waals surface area (Å²) in [5.74, 6) is 0.384. The van der Waals surface area contributed by atoms with Crippen LogP contribution < -0.4 is 0 Å². The normalized spacial score (nSPS) is 17.5. The van der Waals surface area contributed by atoms with Crippen LogP contribution in [0.15, 0.2) is 23.4 Å². The fourth-order valence-corrected chi connectivity index (χ4v) is 4.25. The number of nitro benzene ring substituents is 1. The van der Waals surface area contributed by atoms with E-state index in [1.807, 2.05) is 0 Å². The van der Waals surface area contributed by atoms with E-state index in [1.165, 1.54) is 27.1 Å². The van der Waals surface area contributed by atoms with Crippen LogP contribution in [0.1, 0.15) is 6.42 Å². The highest BCUT2D eigenvalue weighted by atomic mass is 35.5. The van der Waals surface area contributed by atoms with Crippen molar-refractivity contribution in [2.24, 2.45) is 0 Å². The van der Waals surface area contributed by atoms with Crippen LogP contribution in [0, 0.1) is 10.1 Å². The Labute approximate surface area is 131 Å². The summed E-state index contributed by atoms with van der Waals surface area (Å²) in [5, 5.41) is 10.8. The van der Waals surface area contributed by atoms with Gasteiger partial charge in [0.05, 0.1) is 16.0 Å². The first kappa shape index (κ1) is 15.2. The van der Waals surface area contributed by atoms with E-state index in [1.54, 1.807) is 0 Å². The number of hydrogen-bond acceptors (Lipinski definition) is 5. The molecule has 0 amide bonds. The summed E-state index contributed by atoms with van der Waals surface area (Å²) in [4.78, 5) is 14.5. The predicted octanol–water partition coefficient (Wildman–Crippen LogP) is 1.58. The van der Waals surface area contributed by atoms with Crippen molar-refractivity contribution in [2.75, 3.05) is 19.0 Å². The van der Waals surface area contributed by atoms with Crippen LogP contribution in [0.25, 0.3) is 11.0 Å². The lowest BCUT2D eigenvalue weighted by atomic mass is 10.3. The Kier molecular flexibility index (Phi) is 3.79. The zero-order valence-electron chi connectivity index (χ0n) is 11.5. The molecule has 8 nitrogen and oxygen atoms in total. The van der Waals surface area contributed by atoms with Gasteiger partial charge in [0, 0.05) is 37.6 Å². The Morgan fingerprint density at radius 2 is 2.14 bits per heavy atom. The van der Waals surface area contributed by atoms with E-state index in [9.17, 15) is 18.5 Å². The van der Waals surface area contributed by atoms with Crippen LogP contribution in [0.3, 0.4) is 0 Å². The maximum atomic E-state index is 12.6. The van der Waals surface area contributed by atoms with Gasteiger partial charge in [-0.15, -0.1) is 11.6 Å². The largest absolute Gasteiger partial charge is 0.312 e. The summed E-state index contributed by atoms with van der Waals surface area (Å²) in [6.45, 7) is 1.06. The van der Waals surface area contributed by atoms with Gasteiger partial charge in [0.1, 0.15) is 0 Å². The molecule has 1 aromatic heterocycles. The van der Waals surface area contributed by atoms with Crippen LogP contribution in [0.2, 0.25) is 0 Å². The molecule has 1 aliphatic rings. The minimum absolute atomic E-state index is 0.0659. The van der Waals surface area contributed by atoms with E-state index in [0.29, 0.717) is 43.0 Å². The molecule has 0 saturated heterocycles. The molecule has 0 aliphatic carbocycles. The van der Waals surface area contributed by atoms with Gasteiger partial charge >= 0.3 is 0 Å². The van der Waals surface area contributed by atoms with E-state index in [-0.39, 0.29) is 10.8 Å². The van der Waals surface area contributed by atoms with Crippen molar-refractivity contribution in [1.29, 1.82) is 0 Å². The van der Waals surface area contributed by atoms with Crippen LogP contribution >= 0.6 is 11.6 Å². The highest BCUT2D eigenvalue weighted by Gasteiger charge is 2.34. The lowest BCUT2D eigenvalue weighted by Crippen LogP contribution is -2.40. The fourth-order valence-electron chi connectivity index (χ4n) is 2.53. The molecule has 0 fully saturated rings. The van der Waals surface area contributed by atoms with Crippen LogP contribution in [0.5, 0.6) is 0 Å². The molecule has 0 radical (unpaired) electrons. The Morgan fingerprint density at radius 3 is 2.82 bits per heavy atom. The van der Waals surface area contributed by atoms with E-state index in [2.05, 4.69) is 4.98 Å². The minimum Gasteiger partial charge on any atom is -0.312 e. The van der Waals surface area contributed by atoms with Gasteiger partial charge in [-0.3, -0.25) is 10.1 Å². The van der Waals surface area contributed by atoms with Gasteiger partial charge in [0.2, 0.25) is 5.16 Å². The Bertz CT molecular complexity index is 848. The van der Waals surface area contributed by atoms with E-state index < -0.39 is 14.9 Å². The Balaban J connectivity index is 2.11. The molecule has 2 aromatic rings. The third kappa shape index (κ3) is 2.34.